The summed E-state index contributed by atoms with van der Waals surface area (Å²) in [6.07, 6.45) is 0. The molecule has 0 radical (unpaired) electrons. The Morgan fingerprint density at radius 3 is 2.29 bits per heavy atom. The molecule has 0 aliphatic carbocycles. The van der Waals surface area contributed by atoms with Crippen molar-refractivity contribution in [3.8, 4) is 5.75 Å². The molecule has 0 bridgehead atoms. The number of carbonyl (C=O) groups is 1. The van der Waals surface area contributed by atoms with Crippen LogP contribution < -0.4 is 4.74 Å². The normalized spacial score (nSPS) is 8.71. The zero-order valence-corrected chi connectivity index (χ0v) is 8.97. The lowest BCUT2D eigenvalue weighted by Gasteiger charge is -2.02. The van der Waals surface area contributed by atoms with Crippen molar-refractivity contribution in [1.29, 1.82) is 0 Å². The number of hydrogen-bond acceptors (Lipinski definition) is 3. The third kappa shape index (κ3) is 3.26. The summed E-state index contributed by atoms with van der Waals surface area (Å²) >= 11 is 0. The number of methoxy groups -OCH3 is 1. The maximum atomic E-state index is 11.2. The van der Waals surface area contributed by atoms with Crippen LogP contribution in [0.3, 0.4) is 0 Å². The van der Waals surface area contributed by atoms with Crippen LogP contribution in [0.2, 0.25) is 0 Å². The van der Waals surface area contributed by atoms with Crippen LogP contribution in [-0.4, -0.2) is 19.7 Å². The van der Waals surface area contributed by atoms with E-state index in [1.165, 1.54) is 0 Å². The van der Waals surface area contributed by atoms with Crippen molar-refractivity contribution in [3.63, 3.8) is 0 Å². The van der Waals surface area contributed by atoms with Gasteiger partial charge in [-0.1, -0.05) is 0 Å². The minimum atomic E-state index is -0.301. The van der Waals surface area contributed by atoms with Gasteiger partial charge in [0.25, 0.3) is 0 Å². The predicted octanol–water partition coefficient (Wildman–Crippen LogP) is 2.29. The smallest absolute Gasteiger partial charge is 0.338 e. The van der Waals surface area contributed by atoms with E-state index in [-0.39, 0.29) is 18.4 Å². The Balaban J connectivity index is 0.00000169. The van der Waals surface area contributed by atoms with Crippen LogP contribution in [0.15, 0.2) is 24.3 Å². The summed E-state index contributed by atoms with van der Waals surface area (Å²) in [5, 5.41) is 0. The molecular formula is C10H13ClO3. The minimum absolute atomic E-state index is 0. The lowest BCUT2D eigenvalue weighted by Crippen LogP contribution is -2.03. The monoisotopic (exact) mass is 216 g/mol. The summed E-state index contributed by atoms with van der Waals surface area (Å²) in [4.78, 5) is 11.2. The van der Waals surface area contributed by atoms with Crippen molar-refractivity contribution in [3.05, 3.63) is 29.8 Å². The van der Waals surface area contributed by atoms with Crippen molar-refractivity contribution < 1.29 is 14.3 Å². The molecule has 1 aromatic rings. The molecule has 0 N–H and O–H groups in total. The Hall–Kier alpha value is -1.22. The Morgan fingerprint density at radius 1 is 1.29 bits per heavy atom. The van der Waals surface area contributed by atoms with Gasteiger partial charge in [-0.15, -0.1) is 12.4 Å². The highest BCUT2D eigenvalue weighted by molar-refractivity contribution is 5.89. The van der Waals surface area contributed by atoms with Crippen LogP contribution in [0.25, 0.3) is 0 Å². The SMILES string of the molecule is CCOC(=O)c1ccc(OC)cc1.Cl. The molecule has 0 atom stereocenters. The van der Waals surface area contributed by atoms with Gasteiger partial charge in [-0.3, -0.25) is 0 Å². The quantitative estimate of drug-likeness (QED) is 0.728. The zero-order chi connectivity index (χ0) is 9.68. The fourth-order valence-corrected chi connectivity index (χ4v) is 0.942. The van der Waals surface area contributed by atoms with E-state index in [2.05, 4.69) is 0 Å². The van der Waals surface area contributed by atoms with Gasteiger partial charge in [0.05, 0.1) is 19.3 Å². The zero-order valence-electron chi connectivity index (χ0n) is 8.15. The van der Waals surface area contributed by atoms with Gasteiger partial charge < -0.3 is 9.47 Å². The molecule has 0 aliphatic rings. The largest absolute Gasteiger partial charge is 0.497 e. The van der Waals surface area contributed by atoms with Gasteiger partial charge in [-0.25, -0.2) is 4.79 Å². The minimum Gasteiger partial charge on any atom is -0.497 e. The first kappa shape index (κ1) is 12.8. The van der Waals surface area contributed by atoms with E-state index in [0.29, 0.717) is 12.2 Å². The van der Waals surface area contributed by atoms with Crippen LogP contribution in [0.1, 0.15) is 17.3 Å². The first-order valence-electron chi connectivity index (χ1n) is 4.09. The fourth-order valence-electron chi connectivity index (χ4n) is 0.942. The summed E-state index contributed by atoms with van der Waals surface area (Å²) < 4.78 is 9.78. The van der Waals surface area contributed by atoms with Gasteiger partial charge in [-0.2, -0.15) is 0 Å². The van der Waals surface area contributed by atoms with Crippen LogP contribution in [-0.2, 0) is 4.74 Å². The summed E-state index contributed by atoms with van der Waals surface area (Å²) in [7, 11) is 1.58. The number of carbonyl (C=O) groups excluding carboxylic acids is 1. The molecule has 1 rings (SSSR count). The molecule has 14 heavy (non-hydrogen) atoms. The maximum Gasteiger partial charge on any atom is 0.338 e. The van der Waals surface area contributed by atoms with Gasteiger partial charge in [0.15, 0.2) is 0 Å². The highest BCUT2D eigenvalue weighted by Crippen LogP contribution is 2.11. The third-order valence-corrected chi connectivity index (χ3v) is 1.60. The van der Waals surface area contributed by atoms with Crippen molar-refractivity contribution >= 4 is 18.4 Å². The van der Waals surface area contributed by atoms with Crippen LogP contribution in [0, 0.1) is 0 Å². The van der Waals surface area contributed by atoms with Crippen molar-refractivity contribution in [1.82, 2.24) is 0 Å². The van der Waals surface area contributed by atoms with Crippen LogP contribution >= 0.6 is 12.4 Å². The standard InChI is InChI=1S/C10H12O3.ClH/c1-3-13-10(11)8-4-6-9(12-2)7-5-8;/h4-7H,3H2,1-2H3;1H. The first-order chi connectivity index (χ1) is 6.27. The first-order valence-corrected chi connectivity index (χ1v) is 4.09. The molecule has 1 aromatic carbocycles. The van der Waals surface area contributed by atoms with E-state index in [4.69, 9.17) is 9.47 Å². The van der Waals surface area contributed by atoms with E-state index >= 15 is 0 Å². The highest BCUT2D eigenvalue weighted by Gasteiger charge is 2.04. The highest BCUT2D eigenvalue weighted by atomic mass is 35.5. The topological polar surface area (TPSA) is 35.5 Å². The Labute approximate surface area is 89.4 Å². The van der Waals surface area contributed by atoms with E-state index in [0.717, 1.165) is 5.75 Å². The second-order valence-corrected chi connectivity index (χ2v) is 2.45. The molecule has 3 nitrogen and oxygen atoms in total. The van der Waals surface area contributed by atoms with Gasteiger partial charge in [0.1, 0.15) is 5.75 Å². The Bertz CT molecular complexity index is 282. The second-order valence-electron chi connectivity index (χ2n) is 2.45. The average molecular weight is 217 g/mol. The van der Waals surface area contributed by atoms with Gasteiger partial charge in [0.2, 0.25) is 0 Å². The number of benzene rings is 1. The lowest BCUT2D eigenvalue weighted by atomic mass is 10.2. The van der Waals surface area contributed by atoms with Crippen molar-refractivity contribution in [2.45, 2.75) is 6.92 Å². The van der Waals surface area contributed by atoms with E-state index in [9.17, 15) is 4.79 Å². The molecule has 4 heteroatoms. The molecule has 0 aliphatic heterocycles. The molecule has 0 unspecified atom stereocenters. The lowest BCUT2D eigenvalue weighted by molar-refractivity contribution is 0.0526. The summed E-state index contributed by atoms with van der Waals surface area (Å²) in [5.74, 6) is 0.429. The number of hydrogen-bond donors (Lipinski definition) is 0. The van der Waals surface area contributed by atoms with E-state index in [1.54, 1.807) is 38.3 Å². The van der Waals surface area contributed by atoms with Gasteiger partial charge >= 0.3 is 5.97 Å². The van der Waals surface area contributed by atoms with Gasteiger partial charge in [0, 0.05) is 0 Å². The number of halogens is 1. The summed E-state index contributed by atoms with van der Waals surface area (Å²) in [6, 6.07) is 6.81. The van der Waals surface area contributed by atoms with Crippen LogP contribution in [0.4, 0.5) is 0 Å². The third-order valence-electron chi connectivity index (χ3n) is 1.60. The molecule has 0 aromatic heterocycles. The molecule has 0 amide bonds. The molecule has 0 heterocycles. The predicted molar refractivity (Wildman–Crippen MR) is 56.2 cm³/mol. The maximum absolute atomic E-state index is 11.2. The number of rotatable bonds is 3. The number of ether oxygens (including phenoxy) is 2. The molecule has 78 valence electrons. The van der Waals surface area contributed by atoms with Crippen molar-refractivity contribution in [2.75, 3.05) is 13.7 Å². The Morgan fingerprint density at radius 2 is 1.86 bits per heavy atom. The fraction of sp³-hybridized carbons (Fsp3) is 0.300. The van der Waals surface area contributed by atoms with Crippen LogP contribution in [0.5, 0.6) is 5.75 Å². The molecular weight excluding hydrogens is 204 g/mol. The summed E-state index contributed by atoms with van der Waals surface area (Å²) in [5.41, 5.74) is 0.544. The van der Waals surface area contributed by atoms with E-state index in [1.807, 2.05) is 0 Å². The molecule has 0 fully saturated rings. The average Bonchev–Trinajstić information content (AvgIpc) is 2.18. The molecule has 0 spiro atoms. The van der Waals surface area contributed by atoms with Gasteiger partial charge in [-0.05, 0) is 31.2 Å². The second kappa shape index (κ2) is 6.27. The molecule has 0 saturated heterocycles. The Kier molecular flexibility index (Phi) is 5.72. The van der Waals surface area contributed by atoms with E-state index < -0.39 is 0 Å². The summed E-state index contributed by atoms with van der Waals surface area (Å²) in [6.45, 7) is 2.17. The molecule has 0 saturated carbocycles. The van der Waals surface area contributed by atoms with Crippen molar-refractivity contribution in [2.24, 2.45) is 0 Å². The number of esters is 1.